The fraction of sp³-hybridized carbons (Fsp3) is 0.558. The molecular weight excluding hydrogens is 791 g/mol. The van der Waals surface area contributed by atoms with Crippen molar-refractivity contribution in [3.05, 3.63) is 71.1 Å². The first-order valence-corrected chi connectivity index (χ1v) is 21.1. The molecule has 4 heterocycles. The van der Waals surface area contributed by atoms with Crippen LogP contribution < -0.4 is 16.0 Å². The normalized spacial score (nSPS) is 18.6. The third kappa shape index (κ3) is 12.1. The zero-order chi connectivity index (χ0) is 43.8. The second kappa shape index (κ2) is 19.6. The fourth-order valence-electron chi connectivity index (χ4n) is 7.11. The number of benzene rings is 1. The number of hydrogen-bond donors (Lipinski definition) is 4. The Balaban J connectivity index is 1.05. The molecule has 5 amide bonds. The minimum atomic E-state index is -1.01. The minimum Gasteiger partial charge on any atom is -0.444 e. The van der Waals surface area contributed by atoms with Gasteiger partial charge in [-0.05, 0) is 63.3 Å². The van der Waals surface area contributed by atoms with Crippen LogP contribution in [0.15, 0.2) is 54.2 Å². The lowest BCUT2D eigenvalue weighted by molar-refractivity contribution is -0.144. The van der Waals surface area contributed by atoms with Crippen LogP contribution in [0.1, 0.15) is 84.3 Å². The second-order valence-corrected chi connectivity index (χ2v) is 18.3. The number of ether oxygens (including phenoxy) is 3. The summed E-state index contributed by atoms with van der Waals surface area (Å²) in [7, 11) is 0. The number of nitrogens with zero attached hydrogens (tertiary/aromatic N) is 4. The third-order valence-corrected chi connectivity index (χ3v) is 11.2. The maximum absolute atomic E-state index is 14.0. The number of likely N-dealkylation sites (tertiary alicyclic amines) is 2. The first-order chi connectivity index (χ1) is 28.3. The molecule has 0 unspecified atom stereocenters. The zero-order valence-corrected chi connectivity index (χ0v) is 36.6. The van der Waals surface area contributed by atoms with Crippen molar-refractivity contribution in [3.63, 3.8) is 0 Å². The molecule has 16 nitrogen and oxygen atoms in total. The van der Waals surface area contributed by atoms with E-state index in [1.54, 1.807) is 55.9 Å². The fourth-order valence-corrected chi connectivity index (χ4v) is 7.92. The van der Waals surface area contributed by atoms with Gasteiger partial charge in [-0.2, -0.15) is 0 Å². The molecule has 3 aromatic rings. The molecule has 0 radical (unpaired) electrons. The van der Waals surface area contributed by atoms with Gasteiger partial charge in [-0.15, -0.1) is 11.3 Å². The van der Waals surface area contributed by atoms with E-state index < -0.39 is 58.6 Å². The van der Waals surface area contributed by atoms with Crippen molar-refractivity contribution in [2.75, 3.05) is 46.1 Å². The minimum absolute atomic E-state index is 0.0426. The zero-order valence-electron chi connectivity index (χ0n) is 35.8. The van der Waals surface area contributed by atoms with Crippen LogP contribution >= 0.6 is 11.3 Å². The van der Waals surface area contributed by atoms with Gasteiger partial charge in [0, 0.05) is 25.6 Å². The van der Waals surface area contributed by atoms with E-state index in [1.165, 1.54) is 9.80 Å². The Bertz CT molecular complexity index is 1960. The van der Waals surface area contributed by atoms with Crippen LogP contribution in [-0.2, 0) is 38.9 Å². The standard InChI is InChI=1S/C43H59N7O9S/c1-27(29-12-14-30(15-13-29)36-28(2)45-26-60-36)46-38(54)32-21-31(51)22-50(32)39(55)37(41(3,4)5)47-35(53)23-58-20-19-57-18-16-34(52)48-43(33-11-9-10-17-44-33)24-49(25-43)40(56)59-42(6,7)8/h9-15,17,26-27,31-32,37,51H,16,18-25H2,1-8H3,(H,46,54)(H,47,53)(H,48,52)/t27-,31+,32-,37+/m0/s1. The number of β-amino-alcohol motifs (C(OH)–C–C–N with tert-alkyl or cyclic N) is 1. The molecule has 0 aliphatic carbocycles. The molecular formula is C43H59N7O9S. The molecule has 2 aliphatic heterocycles. The molecule has 0 bridgehead atoms. The van der Waals surface area contributed by atoms with Crippen molar-refractivity contribution in [3.8, 4) is 10.4 Å². The molecule has 5 rings (SSSR count). The van der Waals surface area contributed by atoms with Crippen LogP contribution in [0.2, 0.25) is 0 Å². The van der Waals surface area contributed by atoms with Gasteiger partial charge in [0.05, 0.1) is 66.8 Å². The van der Waals surface area contributed by atoms with E-state index in [9.17, 15) is 29.1 Å². The Kier molecular flexibility index (Phi) is 15.1. The molecule has 4 N–H and O–H groups in total. The Morgan fingerprint density at radius 3 is 2.25 bits per heavy atom. The van der Waals surface area contributed by atoms with Crippen molar-refractivity contribution in [2.24, 2.45) is 5.41 Å². The van der Waals surface area contributed by atoms with Gasteiger partial charge in [0.15, 0.2) is 0 Å². The summed E-state index contributed by atoms with van der Waals surface area (Å²) in [5.74, 6) is -1.68. The van der Waals surface area contributed by atoms with Gasteiger partial charge in [-0.3, -0.25) is 24.2 Å². The highest BCUT2D eigenvalue weighted by molar-refractivity contribution is 7.13. The van der Waals surface area contributed by atoms with Crippen LogP contribution in [-0.4, -0.2) is 124 Å². The number of rotatable bonds is 16. The lowest BCUT2D eigenvalue weighted by Crippen LogP contribution is -2.69. The summed E-state index contributed by atoms with van der Waals surface area (Å²) in [5.41, 5.74) is 3.08. The third-order valence-electron chi connectivity index (χ3n) is 10.2. The molecule has 2 fully saturated rings. The van der Waals surface area contributed by atoms with Crippen molar-refractivity contribution in [1.82, 2.24) is 35.7 Å². The van der Waals surface area contributed by atoms with Gasteiger partial charge in [0.2, 0.25) is 23.6 Å². The summed E-state index contributed by atoms with van der Waals surface area (Å²) in [6.45, 7) is 14.9. The lowest BCUT2D eigenvalue weighted by Gasteiger charge is -2.49. The molecule has 326 valence electrons. The van der Waals surface area contributed by atoms with Crippen molar-refractivity contribution in [2.45, 2.75) is 104 Å². The predicted molar refractivity (Wildman–Crippen MR) is 224 cm³/mol. The number of thiazole rings is 1. The number of pyridine rings is 1. The number of aryl methyl sites for hydroxylation is 1. The molecule has 4 atom stereocenters. The highest BCUT2D eigenvalue weighted by Crippen LogP contribution is 2.33. The molecule has 0 spiro atoms. The van der Waals surface area contributed by atoms with Crippen LogP contribution in [0, 0.1) is 12.3 Å². The summed E-state index contributed by atoms with van der Waals surface area (Å²) in [6, 6.07) is 11.0. The molecule has 2 aliphatic rings. The number of nitrogens with one attached hydrogen (secondary N) is 3. The Hall–Kier alpha value is -4.97. The number of carbonyl (C=O) groups is 5. The van der Waals surface area contributed by atoms with E-state index in [2.05, 4.69) is 25.9 Å². The lowest BCUT2D eigenvalue weighted by atomic mass is 9.85. The molecule has 60 heavy (non-hydrogen) atoms. The second-order valence-electron chi connectivity index (χ2n) is 17.5. The predicted octanol–water partition coefficient (Wildman–Crippen LogP) is 3.87. The van der Waals surface area contributed by atoms with E-state index in [0.29, 0.717) is 5.69 Å². The van der Waals surface area contributed by atoms with Crippen LogP contribution in [0.4, 0.5) is 4.79 Å². The monoisotopic (exact) mass is 849 g/mol. The Morgan fingerprint density at radius 1 is 0.933 bits per heavy atom. The first kappa shape index (κ1) is 46.1. The number of aliphatic hydroxyl groups is 1. The maximum Gasteiger partial charge on any atom is 0.410 e. The van der Waals surface area contributed by atoms with E-state index >= 15 is 0 Å². The van der Waals surface area contributed by atoms with Crippen LogP contribution in [0.25, 0.3) is 10.4 Å². The summed E-state index contributed by atoms with van der Waals surface area (Å²) in [5, 5.41) is 19.4. The van der Waals surface area contributed by atoms with Crippen molar-refractivity contribution < 1.29 is 43.3 Å². The first-order valence-electron chi connectivity index (χ1n) is 20.2. The molecule has 1 aromatic carbocycles. The topological polar surface area (TPSA) is 202 Å². The van der Waals surface area contributed by atoms with Gasteiger partial charge in [0.1, 0.15) is 29.8 Å². The van der Waals surface area contributed by atoms with E-state index in [1.807, 2.05) is 65.0 Å². The molecule has 2 saturated heterocycles. The SMILES string of the molecule is Cc1ncsc1-c1ccc([C@H](C)NC(=O)[C@@H]2C[C@@H](O)CN2C(=O)[C@@H](NC(=O)COCCOCCC(=O)NC2(c3ccccn3)CN(C(=O)OC(C)(C)C)C2)C(C)(C)C)cc1. The summed E-state index contributed by atoms with van der Waals surface area (Å²) in [6.07, 6.45) is 0.380. The van der Waals surface area contributed by atoms with Gasteiger partial charge >= 0.3 is 6.09 Å². The average Bonchev–Trinajstić information content (AvgIpc) is 3.78. The van der Waals surface area contributed by atoms with E-state index in [-0.39, 0.29) is 70.9 Å². The number of carbonyl (C=O) groups excluding carboxylic acids is 5. The maximum atomic E-state index is 14.0. The smallest absolute Gasteiger partial charge is 0.410 e. The number of hydrogen-bond acceptors (Lipinski definition) is 12. The van der Waals surface area contributed by atoms with Gasteiger partial charge in [-0.1, -0.05) is 51.1 Å². The van der Waals surface area contributed by atoms with E-state index in [0.717, 1.165) is 21.7 Å². The largest absolute Gasteiger partial charge is 0.444 e. The average molecular weight is 850 g/mol. The van der Waals surface area contributed by atoms with Gasteiger partial charge < -0.3 is 45.1 Å². The highest BCUT2D eigenvalue weighted by atomic mass is 32.1. The Labute approximate surface area is 355 Å². The molecule has 17 heteroatoms. The van der Waals surface area contributed by atoms with Gasteiger partial charge in [0.25, 0.3) is 0 Å². The highest BCUT2D eigenvalue weighted by Gasteiger charge is 2.50. The summed E-state index contributed by atoms with van der Waals surface area (Å²) < 4.78 is 16.6. The van der Waals surface area contributed by atoms with E-state index in [4.69, 9.17) is 14.2 Å². The molecule has 2 aromatic heterocycles. The number of aromatic nitrogens is 2. The Morgan fingerprint density at radius 2 is 1.63 bits per heavy atom. The molecule has 0 saturated carbocycles. The van der Waals surface area contributed by atoms with Crippen LogP contribution in [0.5, 0.6) is 0 Å². The quantitative estimate of drug-likeness (QED) is 0.153. The summed E-state index contributed by atoms with van der Waals surface area (Å²) >= 11 is 1.56. The van der Waals surface area contributed by atoms with Crippen molar-refractivity contribution >= 4 is 41.1 Å². The number of aliphatic hydroxyl groups excluding tert-OH is 1. The van der Waals surface area contributed by atoms with Crippen LogP contribution in [0.3, 0.4) is 0 Å². The summed E-state index contributed by atoms with van der Waals surface area (Å²) in [4.78, 5) is 78.9. The van der Waals surface area contributed by atoms with Gasteiger partial charge in [-0.25, -0.2) is 9.78 Å². The number of amides is 5. The van der Waals surface area contributed by atoms with Crippen molar-refractivity contribution in [1.29, 1.82) is 0 Å².